The lowest BCUT2D eigenvalue weighted by molar-refractivity contribution is 0.0383. The summed E-state index contributed by atoms with van der Waals surface area (Å²) in [4.78, 5) is 18.2. The fourth-order valence-corrected chi connectivity index (χ4v) is 1.99. The molecule has 0 saturated carbocycles. The molecule has 1 amide bonds. The number of amides is 1. The van der Waals surface area contributed by atoms with Gasteiger partial charge in [-0.1, -0.05) is 11.8 Å². The number of nitrogens with one attached hydrogen (secondary N) is 1. The van der Waals surface area contributed by atoms with Crippen molar-refractivity contribution in [2.24, 2.45) is 0 Å². The number of aliphatic hydroxyl groups excluding tert-OH is 1. The largest absolute Gasteiger partial charge is 0.384 e. The van der Waals surface area contributed by atoms with Crippen LogP contribution >= 0.6 is 0 Å². The third-order valence-corrected chi connectivity index (χ3v) is 3.13. The number of aromatic nitrogens is 1. The number of carbonyl (C=O) groups excluding carboxylic acids is 1. The fraction of sp³-hybridized carbons (Fsp3) is 0.467. The first kappa shape index (κ1) is 15.4. The van der Waals surface area contributed by atoms with Gasteiger partial charge in [0.1, 0.15) is 12.3 Å². The Morgan fingerprint density at radius 3 is 2.90 bits per heavy atom. The highest BCUT2D eigenvalue weighted by Gasteiger charge is 2.11. The summed E-state index contributed by atoms with van der Waals surface area (Å²) in [6, 6.07) is 3.35. The van der Waals surface area contributed by atoms with Gasteiger partial charge in [-0.15, -0.1) is 0 Å². The first-order valence-corrected chi connectivity index (χ1v) is 6.93. The van der Waals surface area contributed by atoms with Crippen molar-refractivity contribution in [2.75, 3.05) is 46.0 Å². The SMILES string of the molecule is O=C(NCCN1CCOCC1)c1ccc(C#CCO)cn1. The van der Waals surface area contributed by atoms with Crippen molar-refractivity contribution in [3.63, 3.8) is 0 Å². The molecule has 112 valence electrons. The lowest BCUT2D eigenvalue weighted by Gasteiger charge is -2.26. The summed E-state index contributed by atoms with van der Waals surface area (Å²) in [5, 5.41) is 11.5. The maximum absolute atomic E-state index is 11.9. The first-order valence-electron chi connectivity index (χ1n) is 6.93. The zero-order valence-corrected chi connectivity index (χ0v) is 11.8. The smallest absolute Gasteiger partial charge is 0.269 e. The van der Waals surface area contributed by atoms with Gasteiger partial charge in [-0.2, -0.15) is 0 Å². The van der Waals surface area contributed by atoms with Gasteiger partial charge in [0.05, 0.1) is 13.2 Å². The molecule has 2 heterocycles. The zero-order chi connectivity index (χ0) is 14.9. The van der Waals surface area contributed by atoms with Gasteiger partial charge in [0, 0.05) is 37.9 Å². The molecule has 1 aromatic heterocycles. The number of morpholine rings is 1. The molecule has 0 aromatic carbocycles. The third-order valence-electron chi connectivity index (χ3n) is 3.13. The highest BCUT2D eigenvalue weighted by molar-refractivity contribution is 5.92. The Morgan fingerprint density at radius 1 is 1.43 bits per heavy atom. The molecule has 0 bridgehead atoms. The van der Waals surface area contributed by atoms with E-state index >= 15 is 0 Å². The quantitative estimate of drug-likeness (QED) is 0.730. The highest BCUT2D eigenvalue weighted by Crippen LogP contribution is 1.99. The second kappa shape index (κ2) is 8.37. The highest BCUT2D eigenvalue weighted by atomic mass is 16.5. The van der Waals surface area contributed by atoms with E-state index in [9.17, 15) is 4.79 Å². The minimum absolute atomic E-state index is 0.190. The number of hydrogen-bond acceptors (Lipinski definition) is 5. The minimum atomic E-state index is -0.191. The van der Waals surface area contributed by atoms with Crippen LogP contribution in [0.25, 0.3) is 0 Å². The minimum Gasteiger partial charge on any atom is -0.384 e. The van der Waals surface area contributed by atoms with E-state index in [0.717, 1.165) is 32.8 Å². The molecule has 1 aliphatic heterocycles. The van der Waals surface area contributed by atoms with Gasteiger partial charge < -0.3 is 15.2 Å². The molecular formula is C15H19N3O3. The molecule has 6 heteroatoms. The van der Waals surface area contributed by atoms with Crippen LogP contribution in [0.2, 0.25) is 0 Å². The number of rotatable bonds is 4. The van der Waals surface area contributed by atoms with Gasteiger partial charge in [0.25, 0.3) is 5.91 Å². The Bertz CT molecular complexity index is 513. The summed E-state index contributed by atoms with van der Waals surface area (Å²) in [6.07, 6.45) is 1.53. The topological polar surface area (TPSA) is 74.7 Å². The van der Waals surface area contributed by atoms with E-state index < -0.39 is 0 Å². The Morgan fingerprint density at radius 2 is 2.24 bits per heavy atom. The molecule has 2 N–H and O–H groups in total. The summed E-state index contributed by atoms with van der Waals surface area (Å²) in [5.41, 5.74) is 1.04. The van der Waals surface area contributed by atoms with Crippen LogP contribution in [-0.2, 0) is 4.74 Å². The van der Waals surface area contributed by atoms with Crippen molar-refractivity contribution in [2.45, 2.75) is 0 Å². The van der Waals surface area contributed by atoms with Crippen molar-refractivity contribution >= 4 is 5.91 Å². The Kier molecular flexibility index (Phi) is 6.16. The van der Waals surface area contributed by atoms with Crippen molar-refractivity contribution in [1.29, 1.82) is 0 Å². The molecule has 1 aliphatic rings. The number of pyridine rings is 1. The van der Waals surface area contributed by atoms with Crippen LogP contribution in [0.4, 0.5) is 0 Å². The summed E-state index contributed by atoms with van der Waals surface area (Å²) >= 11 is 0. The molecule has 0 atom stereocenters. The van der Waals surface area contributed by atoms with Crippen molar-refractivity contribution in [3.8, 4) is 11.8 Å². The molecule has 0 unspecified atom stereocenters. The third kappa shape index (κ3) is 5.16. The predicted molar refractivity (Wildman–Crippen MR) is 77.8 cm³/mol. The molecular weight excluding hydrogens is 270 g/mol. The number of ether oxygens (including phenoxy) is 1. The van der Waals surface area contributed by atoms with Crippen LogP contribution in [-0.4, -0.2) is 66.9 Å². The average molecular weight is 289 g/mol. The maximum Gasteiger partial charge on any atom is 0.269 e. The van der Waals surface area contributed by atoms with Crippen LogP contribution in [0.5, 0.6) is 0 Å². The zero-order valence-electron chi connectivity index (χ0n) is 11.8. The van der Waals surface area contributed by atoms with Crippen LogP contribution < -0.4 is 5.32 Å². The van der Waals surface area contributed by atoms with E-state index in [1.165, 1.54) is 6.20 Å². The molecule has 1 fully saturated rings. The van der Waals surface area contributed by atoms with E-state index in [4.69, 9.17) is 9.84 Å². The summed E-state index contributed by atoms with van der Waals surface area (Å²) in [5.74, 6) is 5.08. The molecule has 0 spiro atoms. The van der Waals surface area contributed by atoms with E-state index in [0.29, 0.717) is 17.8 Å². The van der Waals surface area contributed by atoms with Gasteiger partial charge >= 0.3 is 0 Å². The molecule has 0 aliphatic carbocycles. The number of aliphatic hydroxyl groups is 1. The maximum atomic E-state index is 11.9. The molecule has 0 radical (unpaired) electrons. The molecule has 6 nitrogen and oxygen atoms in total. The Hall–Kier alpha value is -1.94. The first-order chi connectivity index (χ1) is 10.3. The molecule has 1 aromatic rings. The number of carbonyl (C=O) groups is 1. The number of hydrogen-bond donors (Lipinski definition) is 2. The van der Waals surface area contributed by atoms with E-state index in [-0.39, 0.29) is 12.5 Å². The molecule has 1 saturated heterocycles. The van der Waals surface area contributed by atoms with E-state index in [1.807, 2.05) is 0 Å². The predicted octanol–water partition coefficient (Wildman–Crippen LogP) is -0.513. The van der Waals surface area contributed by atoms with Gasteiger partial charge in [-0.3, -0.25) is 9.69 Å². The van der Waals surface area contributed by atoms with Gasteiger partial charge in [-0.25, -0.2) is 4.98 Å². The van der Waals surface area contributed by atoms with Crippen LogP contribution in [0.1, 0.15) is 16.1 Å². The van der Waals surface area contributed by atoms with Crippen molar-refractivity contribution in [3.05, 3.63) is 29.6 Å². The van der Waals surface area contributed by atoms with Crippen molar-refractivity contribution in [1.82, 2.24) is 15.2 Å². The van der Waals surface area contributed by atoms with Crippen LogP contribution in [0.15, 0.2) is 18.3 Å². The van der Waals surface area contributed by atoms with Gasteiger partial charge in [0.2, 0.25) is 0 Å². The van der Waals surface area contributed by atoms with Crippen LogP contribution in [0, 0.1) is 11.8 Å². The lowest BCUT2D eigenvalue weighted by atomic mass is 10.2. The molecule has 21 heavy (non-hydrogen) atoms. The van der Waals surface area contributed by atoms with Gasteiger partial charge in [0.15, 0.2) is 0 Å². The van der Waals surface area contributed by atoms with E-state index in [1.54, 1.807) is 12.1 Å². The second-order valence-electron chi connectivity index (χ2n) is 4.60. The molecule has 2 rings (SSSR count). The summed E-state index contributed by atoms with van der Waals surface area (Å²) < 4.78 is 5.27. The lowest BCUT2D eigenvalue weighted by Crippen LogP contribution is -2.41. The fourth-order valence-electron chi connectivity index (χ4n) is 1.99. The normalized spacial score (nSPS) is 15.1. The summed E-state index contributed by atoms with van der Waals surface area (Å²) in [7, 11) is 0. The average Bonchev–Trinajstić information content (AvgIpc) is 2.54. The van der Waals surface area contributed by atoms with Crippen molar-refractivity contribution < 1.29 is 14.6 Å². The Labute approximate surface area is 124 Å². The monoisotopic (exact) mass is 289 g/mol. The number of nitrogens with zero attached hydrogens (tertiary/aromatic N) is 2. The Balaban J connectivity index is 1.77. The standard InChI is InChI=1S/C15H19N3O3/c19-9-1-2-13-3-4-14(17-12-13)15(20)16-5-6-18-7-10-21-11-8-18/h3-4,12,19H,5-11H2,(H,16,20). The van der Waals surface area contributed by atoms with Crippen LogP contribution in [0.3, 0.4) is 0 Å². The second-order valence-corrected chi connectivity index (χ2v) is 4.60. The summed E-state index contributed by atoms with van der Waals surface area (Å²) in [6.45, 7) is 4.54. The van der Waals surface area contributed by atoms with Gasteiger partial charge in [-0.05, 0) is 12.1 Å². The van der Waals surface area contributed by atoms with E-state index in [2.05, 4.69) is 27.0 Å².